The molecule has 1 spiro atoms. The second-order valence-electron chi connectivity index (χ2n) is 16.2. The Balaban J connectivity index is 0.981. The zero-order valence-electron chi connectivity index (χ0n) is 33.5. The smallest absolute Gasteiger partial charge is 0.164 e. The van der Waals surface area contributed by atoms with Gasteiger partial charge in [0.05, 0.1) is 5.41 Å². The van der Waals surface area contributed by atoms with E-state index in [1.807, 2.05) is 29.5 Å². The van der Waals surface area contributed by atoms with E-state index in [9.17, 15) is 0 Å². The summed E-state index contributed by atoms with van der Waals surface area (Å²) in [6.45, 7) is 0. The van der Waals surface area contributed by atoms with Crippen LogP contribution in [0.25, 0.3) is 98.8 Å². The number of hydrogen-bond donors (Lipinski definition) is 0. The second kappa shape index (κ2) is 13.6. The van der Waals surface area contributed by atoms with Gasteiger partial charge in [-0.2, -0.15) is 0 Å². The van der Waals surface area contributed by atoms with Crippen LogP contribution in [0.4, 0.5) is 0 Å². The monoisotopic (exact) mass is 805 g/mol. The maximum Gasteiger partial charge on any atom is 0.164 e. The van der Waals surface area contributed by atoms with E-state index in [1.54, 1.807) is 0 Å². The van der Waals surface area contributed by atoms with E-state index in [0.717, 1.165) is 33.4 Å². The Morgan fingerprint density at radius 3 is 1.56 bits per heavy atom. The minimum absolute atomic E-state index is 0.407. The highest BCUT2D eigenvalue weighted by molar-refractivity contribution is 7.25. The number of benzene rings is 9. The Hall–Kier alpha value is -7.79. The molecule has 2 aromatic heterocycles. The molecule has 288 valence electrons. The average molecular weight is 806 g/mol. The zero-order valence-corrected chi connectivity index (χ0v) is 34.3. The summed E-state index contributed by atoms with van der Waals surface area (Å²) < 4.78 is 2.56. The van der Waals surface area contributed by atoms with Gasteiger partial charge >= 0.3 is 0 Å². The molecule has 0 atom stereocenters. The summed E-state index contributed by atoms with van der Waals surface area (Å²) in [5, 5.41) is 2.57. The SMILES string of the molecule is c1ccc(-c2nc(-c3cccc(-c4cccc5c4-c4ccccc4C54c5ccccc5-c5ccccc54)c3)nc(-c3ccccc3-c3ccc4c(c3)sc3ccccc34)n2)cc1. The molecule has 2 aliphatic carbocycles. The molecule has 0 saturated carbocycles. The highest BCUT2D eigenvalue weighted by atomic mass is 32.1. The lowest BCUT2D eigenvalue weighted by Gasteiger charge is -2.30. The van der Waals surface area contributed by atoms with Crippen LogP contribution in [0.5, 0.6) is 0 Å². The number of thiophene rings is 1. The fourth-order valence-corrected chi connectivity index (χ4v) is 11.5. The number of hydrogen-bond acceptors (Lipinski definition) is 4. The molecule has 0 aliphatic heterocycles. The van der Waals surface area contributed by atoms with Gasteiger partial charge in [0.2, 0.25) is 0 Å². The third-order valence-electron chi connectivity index (χ3n) is 13.0. The van der Waals surface area contributed by atoms with Crippen LogP contribution in [0.3, 0.4) is 0 Å². The van der Waals surface area contributed by atoms with Crippen LogP contribution in [0, 0.1) is 0 Å². The Kier molecular flexibility index (Phi) is 7.69. The number of rotatable bonds is 5. The molecule has 0 radical (unpaired) electrons. The minimum atomic E-state index is -0.407. The highest BCUT2D eigenvalue weighted by Gasteiger charge is 2.51. The van der Waals surface area contributed by atoms with E-state index < -0.39 is 5.41 Å². The molecule has 9 aromatic carbocycles. The fourth-order valence-electron chi connectivity index (χ4n) is 10.4. The minimum Gasteiger partial charge on any atom is -0.208 e. The van der Waals surface area contributed by atoms with Gasteiger partial charge in [-0.15, -0.1) is 11.3 Å². The summed E-state index contributed by atoms with van der Waals surface area (Å²) in [6.07, 6.45) is 0. The van der Waals surface area contributed by atoms with Crippen LogP contribution >= 0.6 is 11.3 Å². The van der Waals surface area contributed by atoms with E-state index in [2.05, 4.69) is 194 Å². The molecule has 0 amide bonds. The lowest BCUT2D eigenvalue weighted by Crippen LogP contribution is -2.25. The topological polar surface area (TPSA) is 38.7 Å². The van der Waals surface area contributed by atoms with Crippen molar-refractivity contribution >= 4 is 31.5 Å². The second-order valence-corrected chi connectivity index (χ2v) is 17.3. The Labute approximate surface area is 363 Å². The van der Waals surface area contributed by atoms with E-state index >= 15 is 0 Å². The first-order chi connectivity index (χ1) is 30.7. The highest BCUT2D eigenvalue weighted by Crippen LogP contribution is 2.64. The first-order valence-corrected chi connectivity index (χ1v) is 21.9. The van der Waals surface area contributed by atoms with Crippen molar-refractivity contribution in [3.05, 3.63) is 235 Å². The molecule has 4 heteroatoms. The molecular formula is C58H35N3S. The molecule has 0 saturated heterocycles. The summed E-state index contributed by atoms with van der Waals surface area (Å²) in [7, 11) is 0. The third-order valence-corrected chi connectivity index (χ3v) is 14.1. The van der Waals surface area contributed by atoms with Crippen LogP contribution in [0.15, 0.2) is 212 Å². The molecule has 0 N–H and O–H groups in total. The van der Waals surface area contributed by atoms with Crippen molar-refractivity contribution in [3.63, 3.8) is 0 Å². The van der Waals surface area contributed by atoms with Crippen molar-refractivity contribution < 1.29 is 0 Å². The van der Waals surface area contributed by atoms with Crippen molar-refractivity contribution in [3.8, 4) is 78.7 Å². The predicted octanol–water partition coefficient (Wildman–Crippen LogP) is 14.9. The van der Waals surface area contributed by atoms with Gasteiger partial charge in [0, 0.05) is 36.9 Å². The standard InChI is InChI=1S/C58H35N3S/c1-2-16-36(17-3-1)55-59-56(61-57(60-55)46-24-5-4-20-40(46)38-32-33-45-44-23-9-13-31-52(44)62-53(45)35-38)39-19-14-18-37(34-39)41-26-15-30-51-54(41)47-25-8-12-29-50(47)58(51)48-27-10-6-21-42(48)43-22-7-11-28-49(43)58/h1-35H. The summed E-state index contributed by atoms with van der Waals surface area (Å²) in [6, 6.07) is 76.7. The molecular weight excluding hydrogens is 771 g/mol. The van der Waals surface area contributed by atoms with Gasteiger partial charge in [0.1, 0.15) is 0 Å². The summed E-state index contributed by atoms with van der Waals surface area (Å²) in [5.41, 5.74) is 17.4. The fraction of sp³-hybridized carbons (Fsp3) is 0.0172. The van der Waals surface area contributed by atoms with Crippen molar-refractivity contribution in [2.24, 2.45) is 0 Å². The normalized spacial score (nSPS) is 13.0. The lowest BCUT2D eigenvalue weighted by atomic mass is 9.70. The van der Waals surface area contributed by atoms with E-state index in [1.165, 1.54) is 70.2 Å². The van der Waals surface area contributed by atoms with Gasteiger partial charge < -0.3 is 0 Å². The van der Waals surface area contributed by atoms with E-state index in [4.69, 9.17) is 15.0 Å². The molecule has 2 aliphatic rings. The molecule has 2 heterocycles. The molecule has 11 aromatic rings. The van der Waals surface area contributed by atoms with E-state index in [0.29, 0.717) is 17.5 Å². The number of fused-ring (bicyclic) bond motifs is 13. The van der Waals surface area contributed by atoms with E-state index in [-0.39, 0.29) is 0 Å². The van der Waals surface area contributed by atoms with Crippen LogP contribution in [0.1, 0.15) is 22.3 Å². The summed E-state index contributed by atoms with van der Waals surface area (Å²) in [4.78, 5) is 15.7. The average Bonchev–Trinajstić information content (AvgIpc) is 3.98. The Bertz CT molecular complexity index is 3560. The zero-order chi connectivity index (χ0) is 40.8. The molecule has 0 fully saturated rings. The quantitative estimate of drug-likeness (QED) is 0.174. The molecule has 62 heavy (non-hydrogen) atoms. The van der Waals surface area contributed by atoms with Gasteiger partial charge in [-0.3, -0.25) is 0 Å². The molecule has 0 bridgehead atoms. The first kappa shape index (κ1) is 35.0. The first-order valence-electron chi connectivity index (χ1n) is 21.1. The predicted molar refractivity (Wildman–Crippen MR) is 256 cm³/mol. The van der Waals surface area contributed by atoms with Gasteiger partial charge in [0.15, 0.2) is 17.5 Å². The van der Waals surface area contributed by atoms with Crippen molar-refractivity contribution in [1.29, 1.82) is 0 Å². The maximum absolute atomic E-state index is 5.31. The molecule has 0 unspecified atom stereocenters. The van der Waals surface area contributed by atoms with Gasteiger partial charge in [-0.1, -0.05) is 194 Å². The largest absolute Gasteiger partial charge is 0.208 e. The van der Waals surface area contributed by atoms with Crippen molar-refractivity contribution in [2.75, 3.05) is 0 Å². The number of nitrogens with zero attached hydrogens (tertiary/aromatic N) is 3. The maximum atomic E-state index is 5.31. The van der Waals surface area contributed by atoms with Gasteiger partial charge in [-0.05, 0) is 85.0 Å². The number of aromatic nitrogens is 3. The van der Waals surface area contributed by atoms with Crippen LogP contribution < -0.4 is 0 Å². The Morgan fingerprint density at radius 2 is 0.790 bits per heavy atom. The van der Waals surface area contributed by atoms with Crippen LogP contribution in [0.2, 0.25) is 0 Å². The molecule has 13 rings (SSSR count). The van der Waals surface area contributed by atoms with Gasteiger partial charge in [0.25, 0.3) is 0 Å². The third kappa shape index (κ3) is 5.08. The lowest BCUT2D eigenvalue weighted by molar-refractivity contribution is 0.794. The van der Waals surface area contributed by atoms with Crippen molar-refractivity contribution in [2.45, 2.75) is 5.41 Å². The Morgan fingerprint density at radius 1 is 0.290 bits per heavy atom. The van der Waals surface area contributed by atoms with Crippen LogP contribution in [-0.2, 0) is 5.41 Å². The van der Waals surface area contributed by atoms with Crippen molar-refractivity contribution in [1.82, 2.24) is 15.0 Å². The summed E-state index contributed by atoms with van der Waals surface area (Å²) >= 11 is 1.83. The summed E-state index contributed by atoms with van der Waals surface area (Å²) in [5.74, 6) is 1.91. The van der Waals surface area contributed by atoms with Crippen LogP contribution in [-0.4, -0.2) is 15.0 Å². The molecule has 3 nitrogen and oxygen atoms in total. The van der Waals surface area contributed by atoms with Gasteiger partial charge in [-0.25, -0.2) is 15.0 Å².